The van der Waals surface area contributed by atoms with Crippen molar-refractivity contribution in [1.82, 2.24) is 5.32 Å². The fourth-order valence-electron chi connectivity index (χ4n) is 1.22. The van der Waals surface area contributed by atoms with Crippen LogP contribution in [0, 0.1) is 0 Å². The Morgan fingerprint density at radius 3 is 2.58 bits per heavy atom. The summed E-state index contributed by atoms with van der Waals surface area (Å²) in [6.45, 7) is 3.72. The molecular formula is C8H15NO3. The molecule has 0 aliphatic carbocycles. The molecule has 1 saturated heterocycles. The van der Waals surface area contributed by atoms with E-state index in [0.29, 0.717) is 13.0 Å². The van der Waals surface area contributed by atoms with Gasteiger partial charge in [-0.1, -0.05) is 0 Å². The molecule has 0 aromatic rings. The maximum absolute atomic E-state index is 11.1. The lowest BCUT2D eigenvalue weighted by Crippen LogP contribution is -2.61. The first-order valence-electron chi connectivity index (χ1n) is 4.14. The summed E-state index contributed by atoms with van der Waals surface area (Å²) in [6.07, 6.45) is 0.352. The molecule has 0 unspecified atom stereocenters. The fourth-order valence-corrected chi connectivity index (χ4v) is 1.22. The van der Waals surface area contributed by atoms with Crippen molar-refractivity contribution in [3.8, 4) is 0 Å². The van der Waals surface area contributed by atoms with Gasteiger partial charge in [0.2, 0.25) is 0 Å². The van der Waals surface area contributed by atoms with Crippen molar-refractivity contribution in [3.05, 3.63) is 0 Å². The van der Waals surface area contributed by atoms with E-state index in [1.54, 1.807) is 14.0 Å². The van der Waals surface area contributed by atoms with Crippen molar-refractivity contribution in [1.29, 1.82) is 0 Å². The number of esters is 1. The van der Waals surface area contributed by atoms with Crippen LogP contribution in [0.2, 0.25) is 0 Å². The Balaban J connectivity index is 2.32. The third-order valence-corrected chi connectivity index (χ3v) is 2.10. The van der Waals surface area contributed by atoms with Gasteiger partial charge in [0.1, 0.15) is 5.60 Å². The highest BCUT2D eigenvalue weighted by Crippen LogP contribution is 2.20. The van der Waals surface area contributed by atoms with Gasteiger partial charge in [-0.25, -0.2) is 0 Å². The van der Waals surface area contributed by atoms with Gasteiger partial charge in [0.25, 0.3) is 0 Å². The number of ether oxygens (including phenoxy) is 2. The molecule has 0 aromatic carbocycles. The second-order valence-electron chi connectivity index (χ2n) is 2.97. The average molecular weight is 173 g/mol. The molecule has 4 heteroatoms. The highest BCUT2D eigenvalue weighted by atomic mass is 16.5. The maximum Gasteiger partial charge on any atom is 0.308 e. The first-order valence-corrected chi connectivity index (χ1v) is 4.14. The molecular weight excluding hydrogens is 158 g/mol. The maximum atomic E-state index is 11.1. The van der Waals surface area contributed by atoms with Crippen LogP contribution in [0.15, 0.2) is 0 Å². The molecule has 0 bridgehead atoms. The van der Waals surface area contributed by atoms with Crippen LogP contribution in [0.4, 0.5) is 0 Å². The van der Waals surface area contributed by atoms with Crippen molar-refractivity contribution in [2.75, 3.05) is 26.8 Å². The van der Waals surface area contributed by atoms with E-state index >= 15 is 0 Å². The van der Waals surface area contributed by atoms with Crippen LogP contribution in [0.25, 0.3) is 0 Å². The summed E-state index contributed by atoms with van der Waals surface area (Å²) in [6, 6.07) is 0. The van der Waals surface area contributed by atoms with Crippen LogP contribution in [0.5, 0.6) is 0 Å². The first-order chi connectivity index (χ1) is 5.72. The molecule has 1 heterocycles. The zero-order chi connectivity index (χ0) is 9.03. The summed E-state index contributed by atoms with van der Waals surface area (Å²) in [5.41, 5.74) is -0.299. The van der Waals surface area contributed by atoms with Gasteiger partial charge in [0.05, 0.1) is 13.0 Å². The minimum absolute atomic E-state index is 0.180. The van der Waals surface area contributed by atoms with Crippen LogP contribution in [0.1, 0.15) is 13.3 Å². The van der Waals surface area contributed by atoms with Crippen molar-refractivity contribution in [3.63, 3.8) is 0 Å². The molecule has 1 aliphatic heterocycles. The van der Waals surface area contributed by atoms with Crippen LogP contribution >= 0.6 is 0 Å². The van der Waals surface area contributed by atoms with Crippen LogP contribution in [0.3, 0.4) is 0 Å². The first kappa shape index (κ1) is 9.48. The third-order valence-electron chi connectivity index (χ3n) is 2.10. The predicted molar refractivity (Wildman–Crippen MR) is 43.9 cm³/mol. The second-order valence-corrected chi connectivity index (χ2v) is 2.97. The molecule has 0 amide bonds. The number of carbonyl (C=O) groups is 1. The zero-order valence-corrected chi connectivity index (χ0v) is 7.55. The van der Waals surface area contributed by atoms with Crippen molar-refractivity contribution in [2.45, 2.75) is 18.9 Å². The molecule has 0 aromatic heterocycles. The van der Waals surface area contributed by atoms with E-state index in [4.69, 9.17) is 9.47 Å². The SMILES string of the molecule is CCOC(=O)CC1(OC)CNC1. The lowest BCUT2D eigenvalue weighted by Gasteiger charge is -2.40. The van der Waals surface area contributed by atoms with E-state index in [2.05, 4.69) is 5.32 Å². The Hall–Kier alpha value is -0.610. The van der Waals surface area contributed by atoms with Gasteiger partial charge < -0.3 is 14.8 Å². The van der Waals surface area contributed by atoms with Gasteiger partial charge in [0, 0.05) is 20.2 Å². The largest absolute Gasteiger partial charge is 0.466 e. The zero-order valence-electron chi connectivity index (χ0n) is 7.55. The number of nitrogens with one attached hydrogen (secondary N) is 1. The van der Waals surface area contributed by atoms with Crippen molar-refractivity contribution >= 4 is 5.97 Å². The van der Waals surface area contributed by atoms with Gasteiger partial charge in [0.15, 0.2) is 0 Å². The van der Waals surface area contributed by atoms with E-state index in [9.17, 15) is 4.79 Å². The minimum atomic E-state index is -0.299. The molecule has 0 saturated carbocycles. The number of hydrogen-bond acceptors (Lipinski definition) is 4. The third kappa shape index (κ3) is 1.95. The Morgan fingerprint density at radius 1 is 1.58 bits per heavy atom. The fraction of sp³-hybridized carbons (Fsp3) is 0.875. The van der Waals surface area contributed by atoms with Crippen LogP contribution in [-0.2, 0) is 14.3 Å². The molecule has 0 spiro atoms. The topological polar surface area (TPSA) is 47.6 Å². The van der Waals surface area contributed by atoms with E-state index in [1.807, 2.05) is 0 Å². The summed E-state index contributed by atoms with van der Waals surface area (Å²) >= 11 is 0. The molecule has 1 N–H and O–H groups in total. The van der Waals surface area contributed by atoms with Gasteiger partial charge in [-0.05, 0) is 6.92 Å². The number of carbonyl (C=O) groups excluding carboxylic acids is 1. The molecule has 0 radical (unpaired) electrons. The van der Waals surface area contributed by atoms with Gasteiger partial charge in [-0.3, -0.25) is 4.79 Å². The monoisotopic (exact) mass is 173 g/mol. The summed E-state index contributed by atoms with van der Waals surface area (Å²) in [5.74, 6) is -0.180. The van der Waals surface area contributed by atoms with Crippen LogP contribution in [-0.4, -0.2) is 38.4 Å². The van der Waals surface area contributed by atoms with Gasteiger partial charge in [-0.2, -0.15) is 0 Å². The van der Waals surface area contributed by atoms with Crippen LogP contribution < -0.4 is 5.32 Å². The predicted octanol–water partition coefficient (Wildman–Crippen LogP) is -0.0720. The van der Waals surface area contributed by atoms with Crippen molar-refractivity contribution < 1.29 is 14.3 Å². The highest BCUT2D eigenvalue weighted by Gasteiger charge is 2.39. The molecule has 4 nitrogen and oxygen atoms in total. The lowest BCUT2D eigenvalue weighted by molar-refractivity contribution is -0.153. The molecule has 1 rings (SSSR count). The highest BCUT2D eigenvalue weighted by molar-refractivity contribution is 5.71. The molecule has 70 valence electrons. The average Bonchev–Trinajstić information content (AvgIpc) is 1.97. The number of hydrogen-bond donors (Lipinski definition) is 1. The molecule has 0 atom stereocenters. The molecule has 12 heavy (non-hydrogen) atoms. The molecule has 1 aliphatic rings. The van der Waals surface area contributed by atoms with Gasteiger partial charge >= 0.3 is 5.97 Å². The molecule has 1 fully saturated rings. The van der Waals surface area contributed by atoms with E-state index < -0.39 is 0 Å². The van der Waals surface area contributed by atoms with E-state index in [-0.39, 0.29) is 11.6 Å². The minimum Gasteiger partial charge on any atom is -0.466 e. The summed E-state index contributed by atoms with van der Waals surface area (Å²) < 4.78 is 10.1. The standard InChI is InChI=1S/C8H15NO3/c1-3-12-7(10)4-8(11-2)5-9-6-8/h9H,3-6H2,1-2H3. The smallest absolute Gasteiger partial charge is 0.308 e. The lowest BCUT2D eigenvalue weighted by atomic mass is 9.93. The Labute approximate surface area is 72.2 Å². The van der Waals surface area contributed by atoms with Crippen molar-refractivity contribution in [2.24, 2.45) is 0 Å². The summed E-state index contributed by atoms with van der Waals surface area (Å²) in [4.78, 5) is 11.1. The quantitative estimate of drug-likeness (QED) is 0.604. The Kier molecular flexibility index (Phi) is 3.05. The summed E-state index contributed by atoms with van der Waals surface area (Å²) in [5, 5.41) is 3.07. The number of rotatable bonds is 4. The van der Waals surface area contributed by atoms with E-state index in [0.717, 1.165) is 13.1 Å². The second kappa shape index (κ2) is 3.87. The number of methoxy groups -OCH3 is 1. The van der Waals surface area contributed by atoms with E-state index in [1.165, 1.54) is 0 Å². The Bertz CT molecular complexity index is 160. The van der Waals surface area contributed by atoms with Gasteiger partial charge in [-0.15, -0.1) is 0 Å². The summed E-state index contributed by atoms with van der Waals surface area (Å²) in [7, 11) is 1.63. The normalized spacial score (nSPS) is 19.8. The Morgan fingerprint density at radius 2 is 2.25 bits per heavy atom.